The molecule has 1 aromatic heterocycles. The van der Waals surface area contributed by atoms with Gasteiger partial charge in [0, 0.05) is 37.8 Å². The Morgan fingerprint density at radius 1 is 1.21 bits per heavy atom. The molecule has 29 heavy (non-hydrogen) atoms. The van der Waals surface area contributed by atoms with Gasteiger partial charge in [0.25, 0.3) is 11.8 Å². The van der Waals surface area contributed by atoms with E-state index in [-0.39, 0.29) is 42.8 Å². The summed E-state index contributed by atoms with van der Waals surface area (Å²) in [6.45, 7) is 3.94. The van der Waals surface area contributed by atoms with Crippen molar-refractivity contribution in [3.05, 3.63) is 52.7 Å². The highest BCUT2D eigenvalue weighted by atomic mass is 19.3. The van der Waals surface area contributed by atoms with Gasteiger partial charge in [0.05, 0.1) is 11.1 Å². The van der Waals surface area contributed by atoms with Gasteiger partial charge in [0.1, 0.15) is 5.82 Å². The normalized spacial score (nSPS) is 16.2. The minimum absolute atomic E-state index is 0.0695. The van der Waals surface area contributed by atoms with E-state index in [1.54, 1.807) is 17.9 Å². The number of nitrogens with zero attached hydrogens (tertiary/aromatic N) is 2. The van der Waals surface area contributed by atoms with E-state index in [1.165, 1.54) is 6.20 Å². The highest BCUT2D eigenvalue weighted by Gasteiger charge is 2.33. The summed E-state index contributed by atoms with van der Waals surface area (Å²) in [4.78, 5) is 30.8. The lowest BCUT2D eigenvalue weighted by molar-refractivity contribution is -0.0102. The maximum atomic E-state index is 13.8. The number of primary amides is 1. The topological polar surface area (TPSA) is 88.3 Å². The van der Waals surface area contributed by atoms with Crippen LogP contribution >= 0.6 is 0 Å². The number of halogens is 2. The van der Waals surface area contributed by atoms with Crippen LogP contribution in [0.15, 0.2) is 30.5 Å². The summed E-state index contributed by atoms with van der Waals surface area (Å²) in [7, 11) is 0. The molecule has 6 nitrogen and oxygen atoms in total. The molecule has 2 aromatic rings. The van der Waals surface area contributed by atoms with Crippen LogP contribution in [0.4, 0.5) is 20.3 Å². The van der Waals surface area contributed by atoms with Crippen LogP contribution in [-0.4, -0.2) is 35.8 Å². The van der Waals surface area contributed by atoms with E-state index in [1.807, 2.05) is 25.1 Å². The largest absolute Gasteiger partial charge is 0.366 e. The number of pyridine rings is 1. The number of aromatic nitrogens is 1. The Bertz CT molecular complexity index is 946. The predicted molar refractivity (Wildman–Crippen MR) is 108 cm³/mol. The Kier molecular flexibility index (Phi) is 5.81. The fourth-order valence-corrected chi connectivity index (χ4v) is 3.54. The predicted octanol–water partition coefficient (Wildman–Crippen LogP) is 3.68. The van der Waals surface area contributed by atoms with E-state index in [2.05, 4.69) is 10.3 Å². The fraction of sp³-hybridized carbons (Fsp3) is 0.381. The first kappa shape index (κ1) is 20.7. The molecule has 0 atom stereocenters. The molecular weight excluding hydrogens is 378 g/mol. The molecule has 154 valence electrons. The first-order valence-corrected chi connectivity index (χ1v) is 9.48. The SMILES string of the molecule is Cc1cccc(NC(=O)c2c(N3CCCC(F)(F)CC3)ncc(C(N)=O)c2C)c1. The van der Waals surface area contributed by atoms with Crippen LogP contribution in [-0.2, 0) is 0 Å². The van der Waals surface area contributed by atoms with E-state index in [4.69, 9.17) is 5.73 Å². The summed E-state index contributed by atoms with van der Waals surface area (Å²) in [6.07, 6.45) is 1.07. The third kappa shape index (κ3) is 4.70. The molecule has 1 aliphatic rings. The van der Waals surface area contributed by atoms with Crippen molar-refractivity contribution in [1.29, 1.82) is 0 Å². The highest BCUT2D eigenvalue weighted by Crippen LogP contribution is 2.32. The first-order valence-electron chi connectivity index (χ1n) is 9.48. The van der Waals surface area contributed by atoms with Crippen LogP contribution in [0, 0.1) is 13.8 Å². The summed E-state index contributed by atoms with van der Waals surface area (Å²) in [6, 6.07) is 7.27. The highest BCUT2D eigenvalue weighted by molar-refractivity contribution is 6.10. The summed E-state index contributed by atoms with van der Waals surface area (Å²) in [5, 5.41) is 2.81. The number of carbonyl (C=O) groups is 2. The van der Waals surface area contributed by atoms with Gasteiger partial charge < -0.3 is 16.0 Å². The fourth-order valence-electron chi connectivity index (χ4n) is 3.54. The van der Waals surface area contributed by atoms with E-state index >= 15 is 0 Å². The lowest BCUT2D eigenvalue weighted by Crippen LogP contribution is -2.30. The number of hydrogen-bond acceptors (Lipinski definition) is 4. The molecule has 0 unspecified atom stereocenters. The van der Waals surface area contributed by atoms with Gasteiger partial charge in [-0.15, -0.1) is 0 Å². The molecule has 0 spiro atoms. The monoisotopic (exact) mass is 402 g/mol. The minimum atomic E-state index is -2.74. The summed E-state index contributed by atoms with van der Waals surface area (Å²) in [5.74, 6) is -3.61. The van der Waals surface area contributed by atoms with Crippen molar-refractivity contribution in [2.24, 2.45) is 5.73 Å². The van der Waals surface area contributed by atoms with Crippen LogP contribution in [0.5, 0.6) is 0 Å². The number of rotatable bonds is 4. The van der Waals surface area contributed by atoms with Gasteiger partial charge in [-0.1, -0.05) is 12.1 Å². The molecule has 1 saturated heterocycles. The second kappa shape index (κ2) is 8.14. The Morgan fingerprint density at radius 2 is 1.97 bits per heavy atom. The molecule has 3 rings (SSSR count). The number of amides is 2. The van der Waals surface area contributed by atoms with Gasteiger partial charge in [-0.05, 0) is 43.5 Å². The number of nitrogens with one attached hydrogen (secondary N) is 1. The Hall–Kier alpha value is -3.03. The summed E-state index contributed by atoms with van der Waals surface area (Å²) in [5.41, 5.74) is 7.66. The van der Waals surface area contributed by atoms with Crippen LogP contribution in [0.3, 0.4) is 0 Å². The second-order valence-corrected chi connectivity index (χ2v) is 7.38. The van der Waals surface area contributed by atoms with Gasteiger partial charge in [-0.3, -0.25) is 9.59 Å². The molecular formula is C21H24F2N4O2. The van der Waals surface area contributed by atoms with Crippen LogP contribution in [0.2, 0.25) is 0 Å². The average Bonchev–Trinajstić information content (AvgIpc) is 2.81. The zero-order valence-corrected chi connectivity index (χ0v) is 16.5. The van der Waals surface area contributed by atoms with E-state index in [0.717, 1.165) is 5.56 Å². The first-order chi connectivity index (χ1) is 13.7. The average molecular weight is 402 g/mol. The smallest absolute Gasteiger partial charge is 0.259 e. The van der Waals surface area contributed by atoms with Gasteiger partial charge in [0.2, 0.25) is 5.92 Å². The van der Waals surface area contributed by atoms with Gasteiger partial charge in [0.15, 0.2) is 0 Å². The lowest BCUT2D eigenvalue weighted by Gasteiger charge is -2.25. The standard InChI is InChI=1S/C21H24F2N4O2/c1-13-5-3-6-15(11-13)26-20(29)17-14(2)16(18(24)28)12-25-19(17)27-9-4-7-21(22,23)8-10-27/h3,5-6,11-12H,4,7-10H2,1-2H3,(H2,24,28)(H,26,29). The molecule has 0 bridgehead atoms. The maximum Gasteiger partial charge on any atom is 0.259 e. The lowest BCUT2D eigenvalue weighted by atomic mass is 10.0. The van der Waals surface area contributed by atoms with Crippen LogP contribution in [0.1, 0.15) is 51.1 Å². The molecule has 2 amide bonds. The van der Waals surface area contributed by atoms with Gasteiger partial charge in [-0.2, -0.15) is 0 Å². The van der Waals surface area contributed by atoms with Crippen LogP contribution in [0.25, 0.3) is 0 Å². The van der Waals surface area contributed by atoms with Crippen molar-refractivity contribution in [1.82, 2.24) is 4.98 Å². The Morgan fingerprint density at radius 3 is 2.66 bits per heavy atom. The second-order valence-electron chi connectivity index (χ2n) is 7.38. The van der Waals surface area contributed by atoms with Crippen molar-refractivity contribution in [3.8, 4) is 0 Å². The van der Waals surface area contributed by atoms with E-state index < -0.39 is 17.7 Å². The summed E-state index contributed by atoms with van der Waals surface area (Å²) < 4.78 is 27.6. The number of benzene rings is 1. The van der Waals surface area contributed by atoms with Crippen molar-refractivity contribution < 1.29 is 18.4 Å². The number of nitrogens with two attached hydrogens (primary N) is 1. The maximum absolute atomic E-state index is 13.8. The Labute approximate surface area is 168 Å². The molecule has 0 saturated carbocycles. The molecule has 1 aromatic carbocycles. The molecule has 1 fully saturated rings. The van der Waals surface area contributed by atoms with E-state index in [9.17, 15) is 18.4 Å². The number of alkyl halides is 2. The third-order valence-electron chi connectivity index (χ3n) is 5.10. The van der Waals surface area contributed by atoms with Crippen molar-refractivity contribution in [2.75, 3.05) is 23.3 Å². The number of hydrogen-bond donors (Lipinski definition) is 2. The zero-order valence-electron chi connectivity index (χ0n) is 16.5. The number of aryl methyl sites for hydroxylation is 1. The number of anilines is 2. The van der Waals surface area contributed by atoms with E-state index in [0.29, 0.717) is 17.8 Å². The summed E-state index contributed by atoms with van der Waals surface area (Å²) >= 11 is 0. The molecule has 0 aliphatic carbocycles. The molecule has 0 radical (unpaired) electrons. The molecule has 8 heteroatoms. The molecule has 2 heterocycles. The zero-order chi connectivity index (χ0) is 21.2. The Balaban J connectivity index is 2.01. The van der Waals surface area contributed by atoms with Crippen molar-refractivity contribution in [2.45, 2.75) is 39.0 Å². The van der Waals surface area contributed by atoms with Crippen molar-refractivity contribution >= 4 is 23.3 Å². The molecule has 3 N–H and O–H groups in total. The minimum Gasteiger partial charge on any atom is -0.366 e. The quantitative estimate of drug-likeness (QED) is 0.817. The van der Waals surface area contributed by atoms with Crippen molar-refractivity contribution in [3.63, 3.8) is 0 Å². The molecule has 1 aliphatic heterocycles. The van der Waals surface area contributed by atoms with Gasteiger partial charge in [-0.25, -0.2) is 13.8 Å². The van der Waals surface area contributed by atoms with Crippen LogP contribution < -0.4 is 16.0 Å². The third-order valence-corrected chi connectivity index (χ3v) is 5.10. The van der Waals surface area contributed by atoms with Gasteiger partial charge >= 0.3 is 0 Å². The number of carbonyl (C=O) groups excluding carboxylic acids is 2.